The quantitative estimate of drug-likeness (QED) is 0.437. The first-order valence-electron chi connectivity index (χ1n) is 1.03. The molecule has 0 rings (SSSR count). The lowest BCUT2D eigenvalue weighted by molar-refractivity contribution is 0.438. The van der Waals surface area contributed by atoms with E-state index in [0.29, 0.717) is 0 Å². The van der Waals surface area contributed by atoms with Crippen LogP contribution in [0.2, 0.25) is 0 Å². The normalized spacial score (nSPS) is 11.0. The highest BCUT2D eigenvalue weighted by Gasteiger charge is 1.89. The predicted molar refractivity (Wildman–Crippen MR) is 21.2 cm³/mol. The maximum absolute atomic E-state index is 9.44. The van der Waals surface area contributed by atoms with Crippen molar-refractivity contribution >= 4 is 10.3 Å². The van der Waals surface area contributed by atoms with Gasteiger partial charge in [-0.25, -0.2) is 0 Å². The molecule has 0 aliphatic heterocycles. The Morgan fingerprint density at radius 1 is 1.67 bits per heavy atom. The molecule has 0 aromatic carbocycles. The van der Waals surface area contributed by atoms with Crippen molar-refractivity contribution in [3.05, 3.63) is 7.05 Å². The van der Waals surface area contributed by atoms with Crippen LogP contribution >= 0.6 is 0 Å². The smallest absolute Gasteiger partial charge is 0.277 e. The first kappa shape index (κ1) is 5.74. The third-order valence-corrected chi connectivity index (χ3v) is 0.505. The molecule has 2 N–H and O–H groups in total. The van der Waals surface area contributed by atoms with E-state index < -0.39 is 10.3 Å². The molecule has 0 fully saturated rings. The molecule has 0 aliphatic carbocycles. The summed E-state index contributed by atoms with van der Waals surface area (Å²) in [5, 5.41) is 0. The molecule has 0 unspecified atom stereocenters. The molecule has 0 saturated heterocycles. The minimum Gasteiger partial charge on any atom is -0.277 e. The van der Waals surface area contributed by atoms with Gasteiger partial charge in [0.1, 0.15) is 0 Å². The molecule has 5 heteroatoms. The standard InChI is InChI=1S/CH3NO3S/c1-2-6(3,4)5/h1H2,(H-,2,3,4,5)/p+1. The van der Waals surface area contributed by atoms with Crippen LogP contribution in [0.5, 0.6) is 0 Å². The van der Waals surface area contributed by atoms with Gasteiger partial charge in [-0.3, -0.25) is 9.11 Å². The molecule has 0 saturated carbocycles. The van der Waals surface area contributed by atoms with E-state index in [2.05, 4.69) is 11.4 Å². The Labute approximate surface area is 36.0 Å². The second-order valence-corrected chi connectivity index (χ2v) is 1.79. The second kappa shape index (κ2) is 1.46. The Bertz CT molecular complexity index is 124. The molecule has 0 amide bonds. The summed E-state index contributed by atoms with van der Waals surface area (Å²) in [6.07, 6.45) is 0. The van der Waals surface area contributed by atoms with Gasteiger partial charge in [-0.1, -0.05) is 0 Å². The molecule has 0 aliphatic rings. The third kappa shape index (κ3) is 3.74. The highest BCUT2D eigenvalue weighted by Crippen LogP contribution is 1.75. The molecule has 6 heavy (non-hydrogen) atoms. The molecule has 36 valence electrons. The number of hydrogen-bond donors (Lipinski definition) is 2. The Kier molecular flexibility index (Phi) is 1.40. The van der Waals surface area contributed by atoms with Gasteiger partial charge < -0.3 is 0 Å². The minimum absolute atomic E-state index is 2.41. The number of nitrogens with zero attached hydrogens (tertiary/aromatic N) is 1. The van der Waals surface area contributed by atoms with E-state index in [4.69, 9.17) is 9.11 Å². The van der Waals surface area contributed by atoms with Crippen LogP contribution in [-0.2, 0) is 10.3 Å². The molecular formula is CH4NO3S+. The molecule has 0 spiro atoms. The summed E-state index contributed by atoms with van der Waals surface area (Å²) in [6.45, 7) is 0. The van der Waals surface area contributed by atoms with Crippen LogP contribution in [-0.4, -0.2) is 13.3 Å². The Morgan fingerprint density at radius 3 is 1.83 bits per heavy atom. The highest BCUT2D eigenvalue weighted by atomic mass is 32.2. The summed E-state index contributed by atoms with van der Waals surface area (Å²) in [7, 11) is -1.29. The van der Waals surface area contributed by atoms with Gasteiger partial charge in [0.2, 0.25) is 7.05 Å². The molecule has 0 aromatic heterocycles. The lowest BCUT2D eigenvalue weighted by atomic mass is 11.6. The summed E-state index contributed by atoms with van der Waals surface area (Å²) < 4.78 is 27.2. The molecular weight excluding hydrogens is 106 g/mol. The van der Waals surface area contributed by atoms with Crippen molar-refractivity contribution < 1.29 is 13.3 Å². The summed E-state index contributed by atoms with van der Waals surface area (Å²) in [5.74, 6) is 0. The molecule has 4 nitrogen and oxygen atoms in total. The fourth-order valence-electron chi connectivity index (χ4n) is 0. The first-order valence-corrected chi connectivity index (χ1v) is 2.46. The van der Waals surface area contributed by atoms with Crippen molar-refractivity contribution in [3.63, 3.8) is 0 Å². The maximum atomic E-state index is 9.44. The van der Waals surface area contributed by atoms with E-state index in [-0.39, 0.29) is 0 Å². The number of hydrogen-bond acceptors (Lipinski definition) is 2. The third-order valence-electron chi connectivity index (χ3n) is 0.168. The van der Waals surface area contributed by atoms with Gasteiger partial charge in [-0.05, 0) is 0 Å². The maximum Gasteiger partial charge on any atom is 0.328 e. The van der Waals surface area contributed by atoms with Crippen molar-refractivity contribution in [2.75, 3.05) is 0 Å². The van der Waals surface area contributed by atoms with Gasteiger partial charge in [0.05, 0.1) is 0 Å². The zero-order chi connectivity index (χ0) is 5.21. The molecule has 0 bridgehead atoms. The van der Waals surface area contributed by atoms with E-state index in [9.17, 15) is 4.21 Å². The summed E-state index contributed by atoms with van der Waals surface area (Å²) in [6, 6.07) is 0. The van der Waals surface area contributed by atoms with Crippen LogP contribution in [0.25, 0.3) is 0 Å². The average molecular weight is 110 g/mol. The second-order valence-electron chi connectivity index (χ2n) is 0.598. The van der Waals surface area contributed by atoms with Gasteiger partial charge >= 0.3 is 10.3 Å². The topological polar surface area (TPSA) is 69.9 Å². The van der Waals surface area contributed by atoms with Crippen molar-refractivity contribution in [2.24, 2.45) is 4.36 Å². The predicted octanol–water partition coefficient (Wildman–Crippen LogP) is 0.192. The van der Waals surface area contributed by atoms with Gasteiger partial charge in [-0.2, -0.15) is 4.21 Å². The van der Waals surface area contributed by atoms with Crippen LogP contribution < -0.4 is 0 Å². The lowest BCUT2D eigenvalue weighted by Gasteiger charge is -1.75. The number of rotatable bonds is 0. The van der Waals surface area contributed by atoms with Crippen LogP contribution in [0.4, 0.5) is 0 Å². The van der Waals surface area contributed by atoms with Crippen LogP contribution in [0, 0.1) is 7.05 Å². The molecule has 0 heterocycles. The Hall–Kier alpha value is -0.260. The highest BCUT2D eigenvalue weighted by molar-refractivity contribution is 7.82. The van der Waals surface area contributed by atoms with E-state index >= 15 is 0 Å². The SMILES string of the molecule is [CH2+]N=S(=O)(O)O. The fourth-order valence-corrected chi connectivity index (χ4v) is 0. The van der Waals surface area contributed by atoms with Crippen molar-refractivity contribution in [2.45, 2.75) is 0 Å². The van der Waals surface area contributed by atoms with E-state index in [1.54, 1.807) is 0 Å². The van der Waals surface area contributed by atoms with Crippen molar-refractivity contribution in [1.82, 2.24) is 0 Å². The zero-order valence-corrected chi connectivity index (χ0v) is 3.68. The van der Waals surface area contributed by atoms with Crippen molar-refractivity contribution in [1.29, 1.82) is 0 Å². The minimum atomic E-state index is -3.90. The van der Waals surface area contributed by atoms with Crippen molar-refractivity contribution in [3.8, 4) is 0 Å². The molecule has 0 aromatic rings. The van der Waals surface area contributed by atoms with Gasteiger partial charge in [0, 0.05) is 4.36 Å². The lowest BCUT2D eigenvalue weighted by Crippen LogP contribution is -1.89. The summed E-state index contributed by atoms with van der Waals surface area (Å²) >= 11 is 0. The Morgan fingerprint density at radius 2 is 1.83 bits per heavy atom. The largest absolute Gasteiger partial charge is 0.328 e. The van der Waals surface area contributed by atoms with Crippen LogP contribution in [0.15, 0.2) is 4.36 Å². The zero-order valence-electron chi connectivity index (χ0n) is 2.87. The summed E-state index contributed by atoms with van der Waals surface area (Å²) in [4.78, 5) is 0. The first-order chi connectivity index (χ1) is 2.56. The van der Waals surface area contributed by atoms with Gasteiger partial charge in [-0.15, -0.1) is 0 Å². The molecule has 0 atom stereocenters. The van der Waals surface area contributed by atoms with E-state index in [0.717, 1.165) is 0 Å². The summed E-state index contributed by atoms with van der Waals surface area (Å²) in [5.41, 5.74) is 0. The molecule has 0 radical (unpaired) electrons. The average Bonchev–Trinajstić information content (AvgIpc) is 1.35. The van der Waals surface area contributed by atoms with Crippen LogP contribution in [0.1, 0.15) is 0 Å². The van der Waals surface area contributed by atoms with E-state index in [1.807, 2.05) is 0 Å². The van der Waals surface area contributed by atoms with Crippen LogP contribution in [0.3, 0.4) is 0 Å². The van der Waals surface area contributed by atoms with Gasteiger partial charge in [0.25, 0.3) is 0 Å². The van der Waals surface area contributed by atoms with E-state index in [1.165, 1.54) is 0 Å². The monoisotopic (exact) mass is 110 g/mol. The Balaban J connectivity index is 4.24. The fraction of sp³-hybridized carbons (Fsp3) is 0. The van der Waals surface area contributed by atoms with Gasteiger partial charge in [0.15, 0.2) is 0 Å².